The molecule has 1 rings (SSSR count). The molecule has 0 saturated carbocycles. The zero-order chi connectivity index (χ0) is 10.7. The first-order valence-corrected chi connectivity index (χ1v) is 5.12. The Hall–Kier alpha value is -1.01. The summed E-state index contributed by atoms with van der Waals surface area (Å²) in [7, 11) is 0. The topological polar surface area (TPSA) is 69.4 Å². The second-order valence-electron chi connectivity index (χ2n) is 2.41. The average Bonchev–Trinajstić information content (AvgIpc) is 2.48. The molecule has 0 saturated heterocycles. The summed E-state index contributed by atoms with van der Waals surface area (Å²) in [6.45, 7) is 2.01. The number of hydrogen-bond acceptors (Lipinski definition) is 5. The Bertz CT molecular complexity index is 373. The van der Waals surface area contributed by atoms with Crippen molar-refractivity contribution in [3.8, 4) is 0 Å². The van der Waals surface area contributed by atoms with E-state index in [4.69, 9.17) is 10.5 Å². The van der Waals surface area contributed by atoms with Crippen molar-refractivity contribution in [1.29, 1.82) is 0 Å². The molecule has 6 heteroatoms. The minimum absolute atomic E-state index is 0.251. The van der Waals surface area contributed by atoms with Crippen molar-refractivity contribution in [3.63, 3.8) is 0 Å². The summed E-state index contributed by atoms with van der Waals surface area (Å²) in [5, 5.41) is 0. The molecule has 0 aliphatic carbocycles. The highest BCUT2D eigenvalue weighted by Gasteiger charge is 2.16. The van der Waals surface area contributed by atoms with Crippen LogP contribution in [0.25, 0.3) is 0 Å². The summed E-state index contributed by atoms with van der Waals surface area (Å²) in [5.41, 5.74) is 5.32. The van der Waals surface area contributed by atoms with Crippen LogP contribution in [0.1, 0.15) is 27.0 Å². The van der Waals surface area contributed by atoms with Crippen LogP contribution in [-0.2, 0) is 4.74 Å². The molecule has 1 aromatic rings. The van der Waals surface area contributed by atoms with Crippen molar-refractivity contribution in [2.75, 3.05) is 6.61 Å². The lowest BCUT2D eigenvalue weighted by atomic mass is 10.3. The number of nitrogens with two attached hydrogens (primary N) is 1. The van der Waals surface area contributed by atoms with E-state index in [9.17, 15) is 9.59 Å². The van der Waals surface area contributed by atoms with Gasteiger partial charge in [-0.05, 0) is 13.0 Å². The highest BCUT2D eigenvalue weighted by Crippen LogP contribution is 2.26. The second-order valence-corrected chi connectivity index (χ2v) is 4.22. The summed E-state index contributed by atoms with van der Waals surface area (Å²) in [6.07, 6.45) is 0. The van der Waals surface area contributed by atoms with Crippen LogP contribution < -0.4 is 5.73 Å². The number of ether oxygens (including phenoxy) is 1. The van der Waals surface area contributed by atoms with Gasteiger partial charge in [0.05, 0.1) is 16.4 Å². The molecule has 1 heterocycles. The Morgan fingerprint density at radius 3 is 2.71 bits per heavy atom. The minimum atomic E-state index is -0.596. The second kappa shape index (κ2) is 4.47. The van der Waals surface area contributed by atoms with E-state index >= 15 is 0 Å². The number of carbonyl (C=O) groups is 2. The third kappa shape index (κ3) is 2.27. The van der Waals surface area contributed by atoms with Gasteiger partial charge < -0.3 is 10.5 Å². The van der Waals surface area contributed by atoms with E-state index in [1.165, 1.54) is 6.07 Å². The molecule has 2 N–H and O–H groups in total. The van der Waals surface area contributed by atoms with Gasteiger partial charge in [0.15, 0.2) is 0 Å². The standard InChI is InChI=1S/C8H9NO3S2/c1-2-12-7(11)5-3-4(6(9)10)8(13)14-5/h3,13H,2H2,1H3,(H2,9,10). The Labute approximate surface area is 90.5 Å². The Morgan fingerprint density at radius 2 is 2.29 bits per heavy atom. The number of amides is 1. The molecule has 0 unspecified atom stereocenters. The molecule has 1 amide bonds. The van der Waals surface area contributed by atoms with E-state index in [0.29, 0.717) is 15.7 Å². The number of esters is 1. The predicted octanol–water partition coefficient (Wildman–Crippen LogP) is 1.31. The summed E-state index contributed by atoms with van der Waals surface area (Å²) in [4.78, 5) is 22.4. The van der Waals surface area contributed by atoms with Gasteiger partial charge in [-0.15, -0.1) is 24.0 Å². The van der Waals surface area contributed by atoms with Gasteiger partial charge in [0, 0.05) is 0 Å². The monoisotopic (exact) mass is 231 g/mol. The largest absolute Gasteiger partial charge is 0.462 e. The van der Waals surface area contributed by atoms with Gasteiger partial charge >= 0.3 is 5.97 Å². The maximum atomic E-state index is 11.2. The van der Waals surface area contributed by atoms with Crippen molar-refractivity contribution in [3.05, 3.63) is 16.5 Å². The van der Waals surface area contributed by atoms with Crippen molar-refractivity contribution in [2.24, 2.45) is 5.73 Å². The molecule has 76 valence electrons. The molecule has 1 aromatic heterocycles. The first kappa shape index (κ1) is 11.1. The van der Waals surface area contributed by atoms with Crippen LogP contribution in [0.3, 0.4) is 0 Å². The molecule has 0 radical (unpaired) electrons. The molecule has 14 heavy (non-hydrogen) atoms. The van der Waals surface area contributed by atoms with Gasteiger partial charge in [-0.1, -0.05) is 0 Å². The first-order chi connectivity index (χ1) is 6.56. The van der Waals surface area contributed by atoms with E-state index in [-0.39, 0.29) is 5.56 Å². The number of thiol groups is 1. The fourth-order valence-corrected chi connectivity index (χ4v) is 2.13. The number of carbonyl (C=O) groups excluding carboxylic acids is 2. The normalized spacial score (nSPS) is 9.86. The molecule has 0 spiro atoms. The van der Waals surface area contributed by atoms with Crippen LogP contribution in [0.4, 0.5) is 0 Å². The molecule has 0 aromatic carbocycles. The van der Waals surface area contributed by atoms with E-state index < -0.39 is 11.9 Å². The lowest BCUT2D eigenvalue weighted by Crippen LogP contribution is -2.10. The first-order valence-electron chi connectivity index (χ1n) is 3.86. The van der Waals surface area contributed by atoms with E-state index in [1.807, 2.05) is 0 Å². The smallest absolute Gasteiger partial charge is 0.348 e. The quantitative estimate of drug-likeness (QED) is 0.608. The highest BCUT2D eigenvalue weighted by molar-refractivity contribution is 7.83. The van der Waals surface area contributed by atoms with Crippen LogP contribution in [0.5, 0.6) is 0 Å². The van der Waals surface area contributed by atoms with Gasteiger partial charge in [-0.3, -0.25) is 4.79 Å². The summed E-state index contributed by atoms with van der Waals surface area (Å²) in [5.74, 6) is -1.05. The maximum Gasteiger partial charge on any atom is 0.348 e. The van der Waals surface area contributed by atoms with Crippen LogP contribution in [0.15, 0.2) is 10.3 Å². The predicted molar refractivity (Wildman–Crippen MR) is 56.0 cm³/mol. The van der Waals surface area contributed by atoms with Gasteiger partial charge in [-0.25, -0.2) is 4.79 Å². The molecular formula is C8H9NO3S2. The molecule has 4 nitrogen and oxygen atoms in total. The van der Waals surface area contributed by atoms with Gasteiger partial charge in [0.25, 0.3) is 5.91 Å². The van der Waals surface area contributed by atoms with Crippen LogP contribution in [0, 0.1) is 0 Å². The van der Waals surface area contributed by atoms with Gasteiger partial charge in [0.2, 0.25) is 0 Å². The zero-order valence-corrected chi connectivity index (χ0v) is 9.15. The third-order valence-electron chi connectivity index (χ3n) is 1.45. The zero-order valence-electron chi connectivity index (χ0n) is 7.44. The number of hydrogen-bond donors (Lipinski definition) is 2. The molecule has 0 atom stereocenters. The number of primary amides is 1. The van der Waals surface area contributed by atoms with Crippen LogP contribution >= 0.6 is 24.0 Å². The fraction of sp³-hybridized carbons (Fsp3) is 0.250. The van der Waals surface area contributed by atoms with Gasteiger partial charge in [-0.2, -0.15) is 0 Å². The molecular weight excluding hydrogens is 222 g/mol. The average molecular weight is 231 g/mol. The third-order valence-corrected chi connectivity index (χ3v) is 2.89. The lowest BCUT2D eigenvalue weighted by molar-refractivity contribution is 0.0532. The van der Waals surface area contributed by atoms with Crippen molar-refractivity contribution < 1.29 is 14.3 Å². The molecule has 0 fully saturated rings. The molecule has 0 bridgehead atoms. The minimum Gasteiger partial charge on any atom is -0.462 e. The summed E-state index contributed by atoms with van der Waals surface area (Å²) >= 11 is 5.11. The Balaban J connectivity index is 2.96. The highest BCUT2D eigenvalue weighted by atomic mass is 32.2. The van der Waals surface area contributed by atoms with E-state index in [0.717, 1.165) is 11.3 Å². The van der Waals surface area contributed by atoms with Crippen molar-refractivity contribution in [2.45, 2.75) is 11.1 Å². The maximum absolute atomic E-state index is 11.2. The van der Waals surface area contributed by atoms with Crippen LogP contribution in [0.2, 0.25) is 0 Å². The van der Waals surface area contributed by atoms with E-state index in [1.54, 1.807) is 6.92 Å². The molecule has 0 aliphatic heterocycles. The number of thiophene rings is 1. The Morgan fingerprint density at radius 1 is 1.64 bits per heavy atom. The summed E-state index contributed by atoms with van der Waals surface area (Å²) in [6, 6.07) is 1.40. The fourth-order valence-electron chi connectivity index (χ4n) is 0.861. The number of rotatable bonds is 3. The Kier molecular flexibility index (Phi) is 3.54. The van der Waals surface area contributed by atoms with Crippen LogP contribution in [-0.4, -0.2) is 18.5 Å². The SMILES string of the molecule is CCOC(=O)c1cc(C(N)=O)c(S)s1. The van der Waals surface area contributed by atoms with Crippen molar-refractivity contribution in [1.82, 2.24) is 0 Å². The summed E-state index contributed by atoms with van der Waals surface area (Å²) < 4.78 is 5.19. The lowest BCUT2D eigenvalue weighted by Gasteiger charge is -1.95. The van der Waals surface area contributed by atoms with Gasteiger partial charge in [0.1, 0.15) is 4.88 Å². The van der Waals surface area contributed by atoms with Crippen molar-refractivity contribution >= 4 is 35.8 Å². The molecule has 0 aliphatic rings. The van der Waals surface area contributed by atoms with E-state index in [2.05, 4.69) is 12.6 Å².